The van der Waals surface area contributed by atoms with Gasteiger partial charge in [-0.2, -0.15) is 0 Å². The summed E-state index contributed by atoms with van der Waals surface area (Å²) < 4.78 is 5.62. The molecule has 0 radical (unpaired) electrons. The van der Waals surface area contributed by atoms with Crippen molar-refractivity contribution in [3.05, 3.63) is 0 Å². The van der Waals surface area contributed by atoms with Crippen molar-refractivity contribution in [2.24, 2.45) is 5.41 Å². The number of carbonyl (C=O) groups is 1. The van der Waals surface area contributed by atoms with Gasteiger partial charge in [-0.3, -0.25) is 4.79 Å². The van der Waals surface area contributed by atoms with Crippen molar-refractivity contribution in [1.82, 2.24) is 5.32 Å². The maximum absolute atomic E-state index is 11.5. The molecule has 1 amide bonds. The number of hydrogen-bond donors (Lipinski definition) is 1. The van der Waals surface area contributed by atoms with Crippen LogP contribution in [-0.4, -0.2) is 24.7 Å². The molecule has 102 valence electrons. The second-order valence-corrected chi connectivity index (χ2v) is 6.53. The molecule has 3 nitrogen and oxygen atoms in total. The van der Waals surface area contributed by atoms with Crippen LogP contribution in [0.25, 0.3) is 0 Å². The highest BCUT2D eigenvalue weighted by atomic mass is 16.5. The highest BCUT2D eigenvalue weighted by Crippen LogP contribution is 2.12. The number of nitrogens with one attached hydrogen (secondary N) is 1. The lowest BCUT2D eigenvalue weighted by Crippen LogP contribution is -2.35. The van der Waals surface area contributed by atoms with E-state index in [9.17, 15) is 4.79 Å². The van der Waals surface area contributed by atoms with Gasteiger partial charge in [0.25, 0.3) is 0 Å². The topological polar surface area (TPSA) is 38.3 Å². The quantitative estimate of drug-likeness (QED) is 0.728. The van der Waals surface area contributed by atoms with Crippen molar-refractivity contribution < 1.29 is 9.53 Å². The summed E-state index contributed by atoms with van der Waals surface area (Å²) in [5, 5.41) is 2.95. The van der Waals surface area contributed by atoms with Crippen molar-refractivity contribution >= 4 is 5.91 Å². The first kappa shape index (κ1) is 16.4. The largest absolute Gasteiger partial charge is 0.376 e. The van der Waals surface area contributed by atoms with E-state index in [2.05, 4.69) is 26.1 Å². The van der Waals surface area contributed by atoms with Gasteiger partial charge in [0.2, 0.25) is 5.91 Å². The molecule has 0 aromatic heterocycles. The standard InChI is InChI=1S/C14H29NO2/c1-13(2,3)12(16)15-10-8-7-9-11-17-14(4,5)6/h7-11H2,1-6H3,(H,15,16). The Morgan fingerprint density at radius 2 is 1.59 bits per heavy atom. The zero-order valence-corrected chi connectivity index (χ0v) is 12.4. The van der Waals surface area contributed by atoms with Crippen LogP contribution in [0.1, 0.15) is 60.8 Å². The lowest BCUT2D eigenvalue weighted by atomic mass is 9.96. The van der Waals surface area contributed by atoms with E-state index in [1.54, 1.807) is 0 Å². The Kier molecular flexibility index (Phi) is 6.76. The fraction of sp³-hybridized carbons (Fsp3) is 0.929. The summed E-state index contributed by atoms with van der Waals surface area (Å²) in [6.45, 7) is 13.6. The number of amides is 1. The molecule has 0 atom stereocenters. The molecule has 0 saturated carbocycles. The molecule has 0 bridgehead atoms. The molecule has 1 N–H and O–H groups in total. The number of rotatable bonds is 6. The summed E-state index contributed by atoms with van der Waals surface area (Å²) in [5.41, 5.74) is -0.324. The van der Waals surface area contributed by atoms with Gasteiger partial charge in [-0.05, 0) is 40.0 Å². The molecule has 0 spiro atoms. The summed E-state index contributed by atoms with van der Waals surface area (Å²) in [6.07, 6.45) is 3.18. The van der Waals surface area contributed by atoms with E-state index in [0.29, 0.717) is 0 Å². The van der Waals surface area contributed by atoms with Crippen LogP contribution >= 0.6 is 0 Å². The lowest BCUT2D eigenvalue weighted by molar-refractivity contribution is -0.128. The lowest BCUT2D eigenvalue weighted by Gasteiger charge is -2.19. The highest BCUT2D eigenvalue weighted by molar-refractivity contribution is 5.81. The zero-order chi connectivity index (χ0) is 13.5. The zero-order valence-electron chi connectivity index (χ0n) is 12.4. The fourth-order valence-corrected chi connectivity index (χ4v) is 1.25. The molecule has 0 heterocycles. The van der Waals surface area contributed by atoms with Gasteiger partial charge in [0.05, 0.1) is 5.60 Å². The highest BCUT2D eigenvalue weighted by Gasteiger charge is 2.20. The van der Waals surface area contributed by atoms with Crippen LogP contribution in [0.15, 0.2) is 0 Å². The maximum Gasteiger partial charge on any atom is 0.225 e. The van der Waals surface area contributed by atoms with E-state index in [1.165, 1.54) is 0 Å². The van der Waals surface area contributed by atoms with Crippen LogP contribution in [0.5, 0.6) is 0 Å². The van der Waals surface area contributed by atoms with Crippen LogP contribution in [-0.2, 0) is 9.53 Å². The third-order valence-corrected chi connectivity index (χ3v) is 2.32. The first-order chi connectivity index (χ1) is 7.63. The Morgan fingerprint density at radius 3 is 2.06 bits per heavy atom. The van der Waals surface area contributed by atoms with Crippen molar-refractivity contribution in [3.63, 3.8) is 0 Å². The Labute approximate surface area is 106 Å². The van der Waals surface area contributed by atoms with Crippen LogP contribution in [0, 0.1) is 5.41 Å². The SMILES string of the molecule is CC(C)(C)OCCCCCNC(=O)C(C)(C)C. The summed E-state index contributed by atoms with van der Waals surface area (Å²) in [4.78, 5) is 11.5. The predicted molar refractivity (Wildman–Crippen MR) is 72.0 cm³/mol. The smallest absolute Gasteiger partial charge is 0.225 e. The van der Waals surface area contributed by atoms with Gasteiger partial charge < -0.3 is 10.1 Å². The van der Waals surface area contributed by atoms with Gasteiger partial charge in [0.1, 0.15) is 0 Å². The third-order valence-electron chi connectivity index (χ3n) is 2.32. The Hall–Kier alpha value is -0.570. The number of unbranched alkanes of at least 4 members (excludes halogenated alkanes) is 2. The van der Waals surface area contributed by atoms with Gasteiger partial charge in [0.15, 0.2) is 0 Å². The van der Waals surface area contributed by atoms with E-state index < -0.39 is 0 Å². The first-order valence-electron chi connectivity index (χ1n) is 6.55. The Bertz CT molecular complexity index is 223. The van der Waals surface area contributed by atoms with E-state index in [1.807, 2.05) is 20.8 Å². The average molecular weight is 243 g/mol. The molecule has 0 rings (SSSR count). The Morgan fingerprint density at radius 1 is 1.00 bits per heavy atom. The van der Waals surface area contributed by atoms with Gasteiger partial charge in [-0.1, -0.05) is 20.8 Å². The second-order valence-electron chi connectivity index (χ2n) is 6.53. The van der Waals surface area contributed by atoms with Crippen molar-refractivity contribution in [2.45, 2.75) is 66.4 Å². The predicted octanol–water partition coefficient (Wildman–Crippen LogP) is 3.13. The van der Waals surface area contributed by atoms with Crippen LogP contribution in [0.3, 0.4) is 0 Å². The average Bonchev–Trinajstić information content (AvgIpc) is 2.12. The summed E-state index contributed by atoms with van der Waals surface area (Å²) in [5.74, 6) is 0.128. The molecule has 17 heavy (non-hydrogen) atoms. The summed E-state index contributed by atoms with van der Waals surface area (Å²) in [6, 6.07) is 0. The van der Waals surface area contributed by atoms with Crippen LogP contribution < -0.4 is 5.32 Å². The van der Waals surface area contributed by atoms with E-state index in [4.69, 9.17) is 4.74 Å². The first-order valence-corrected chi connectivity index (χ1v) is 6.55. The molecule has 0 fully saturated rings. The van der Waals surface area contributed by atoms with E-state index in [0.717, 1.165) is 32.4 Å². The molecule has 0 saturated heterocycles. The van der Waals surface area contributed by atoms with Crippen LogP contribution in [0.2, 0.25) is 0 Å². The van der Waals surface area contributed by atoms with Gasteiger partial charge in [-0.15, -0.1) is 0 Å². The maximum atomic E-state index is 11.5. The van der Waals surface area contributed by atoms with Gasteiger partial charge >= 0.3 is 0 Å². The molecular formula is C14H29NO2. The summed E-state index contributed by atoms with van der Waals surface area (Å²) >= 11 is 0. The molecular weight excluding hydrogens is 214 g/mol. The van der Waals surface area contributed by atoms with Crippen molar-refractivity contribution in [1.29, 1.82) is 0 Å². The molecule has 0 aromatic carbocycles. The molecule has 0 unspecified atom stereocenters. The monoisotopic (exact) mass is 243 g/mol. The van der Waals surface area contributed by atoms with E-state index in [-0.39, 0.29) is 16.9 Å². The second kappa shape index (κ2) is 7.00. The van der Waals surface area contributed by atoms with Crippen molar-refractivity contribution in [2.75, 3.05) is 13.2 Å². The molecule has 3 heteroatoms. The van der Waals surface area contributed by atoms with Gasteiger partial charge in [-0.25, -0.2) is 0 Å². The third kappa shape index (κ3) is 10.3. The van der Waals surface area contributed by atoms with Gasteiger partial charge in [0, 0.05) is 18.6 Å². The van der Waals surface area contributed by atoms with Crippen molar-refractivity contribution in [3.8, 4) is 0 Å². The number of ether oxygens (including phenoxy) is 1. The Balaban J connectivity index is 3.39. The number of carbonyl (C=O) groups excluding carboxylic acids is 1. The molecule has 0 aliphatic carbocycles. The minimum atomic E-state index is -0.282. The normalized spacial score (nSPS) is 12.6. The van der Waals surface area contributed by atoms with Crippen LogP contribution in [0.4, 0.5) is 0 Å². The number of hydrogen-bond acceptors (Lipinski definition) is 2. The minimum absolute atomic E-state index is 0.0412. The minimum Gasteiger partial charge on any atom is -0.376 e. The molecule has 0 aliphatic heterocycles. The van der Waals surface area contributed by atoms with E-state index >= 15 is 0 Å². The summed E-state index contributed by atoms with van der Waals surface area (Å²) in [7, 11) is 0. The molecule has 0 aromatic rings. The fourth-order valence-electron chi connectivity index (χ4n) is 1.25. The molecule has 0 aliphatic rings.